The smallest absolute Gasteiger partial charge is 0.182 e. The zero-order chi connectivity index (χ0) is 22.9. The molecule has 0 aliphatic rings. The fourth-order valence-corrected chi connectivity index (χ4v) is 3.40. The summed E-state index contributed by atoms with van der Waals surface area (Å²) in [4.78, 5) is 13.5. The van der Waals surface area contributed by atoms with Gasteiger partial charge in [-0.25, -0.2) is 19.6 Å². The first-order valence-electron chi connectivity index (χ1n) is 9.90. The molecule has 0 unspecified atom stereocenters. The summed E-state index contributed by atoms with van der Waals surface area (Å²) >= 11 is 0. The molecular weight excluding hydrogens is 422 g/mol. The molecule has 0 spiro atoms. The molecule has 9 heteroatoms. The number of benzene rings is 3. The highest BCUT2D eigenvalue weighted by atomic mass is 16.3. The van der Waals surface area contributed by atoms with Crippen molar-refractivity contribution in [3.8, 4) is 63.0 Å². The highest BCUT2D eigenvalue weighted by Crippen LogP contribution is 2.35. The van der Waals surface area contributed by atoms with Gasteiger partial charge in [-0.15, -0.1) is 0 Å². The zero-order valence-corrected chi connectivity index (χ0v) is 17.0. The van der Waals surface area contributed by atoms with Gasteiger partial charge >= 0.3 is 0 Å². The molecule has 2 heterocycles. The molecule has 5 aromatic rings. The van der Waals surface area contributed by atoms with Crippen LogP contribution in [0, 0.1) is 0 Å². The number of phenolic OH excluding ortho intramolecular Hbond substituents is 4. The average molecular weight is 439 g/mol. The molecule has 162 valence electrons. The van der Waals surface area contributed by atoms with Gasteiger partial charge in [-0.2, -0.15) is 5.10 Å². The number of nitrogens with zero attached hydrogens (tertiary/aromatic N) is 5. The van der Waals surface area contributed by atoms with Crippen LogP contribution in [-0.4, -0.2) is 45.2 Å². The fraction of sp³-hybridized carbons (Fsp3) is 0. The first-order chi connectivity index (χ1) is 16.0. The maximum atomic E-state index is 10.4. The third-order valence-corrected chi connectivity index (χ3v) is 4.95. The molecule has 0 amide bonds. The highest BCUT2D eigenvalue weighted by molar-refractivity contribution is 5.72. The minimum Gasteiger partial charge on any atom is -0.508 e. The third-order valence-electron chi connectivity index (χ3n) is 4.95. The van der Waals surface area contributed by atoms with E-state index in [2.05, 4.69) is 20.1 Å². The van der Waals surface area contributed by atoms with Crippen molar-refractivity contribution < 1.29 is 20.4 Å². The maximum Gasteiger partial charge on any atom is 0.182 e. The van der Waals surface area contributed by atoms with Crippen molar-refractivity contribution in [2.45, 2.75) is 0 Å². The third kappa shape index (κ3) is 3.79. The summed E-state index contributed by atoms with van der Waals surface area (Å²) in [6.45, 7) is 0. The summed E-state index contributed by atoms with van der Waals surface area (Å²) in [5, 5.41) is 44.5. The van der Waals surface area contributed by atoms with Gasteiger partial charge in [0.05, 0.1) is 23.0 Å². The van der Waals surface area contributed by atoms with Crippen LogP contribution in [-0.2, 0) is 0 Å². The topological polar surface area (TPSA) is 137 Å². The molecular formula is C24H17N5O4. The zero-order valence-electron chi connectivity index (χ0n) is 17.0. The van der Waals surface area contributed by atoms with E-state index < -0.39 is 0 Å². The van der Waals surface area contributed by atoms with Crippen LogP contribution < -0.4 is 0 Å². The Hall–Kier alpha value is -4.92. The lowest BCUT2D eigenvalue weighted by Gasteiger charge is -2.11. The highest BCUT2D eigenvalue weighted by Gasteiger charge is 2.19. The molecule has 4 N–H and O–H groups in total. The Morgan fingerprint density at radius 2 is 1.12 bits per heavy atom. The van der Waals surface area contributed by atoms with Gasteiger partial charge in [0.2, 0.25) is 0 Å². The van der Waals surface area contributed by atoms with Crippen LogP contribution in [0.25, 0.3) is 40.0 Å². The van der Waals surface area contributed by atoms with Crippen molar-refractivity contribution in [3.05, 3.63) is 79.0 Å². The molecule has 0 saturated heterocycles. The van der Waals surface area contributed by atoms with Crippen molar-refractivity contribution >= 4 is 0 Å². The summed E-state index contributed by atoms with van der Waals surface area (Å²) < 4.78 is 1.66. The van der Waals surface area contributed by atoms with Crippen LogP contribution >= 0.6 is 0 Å². The number of phenols is 4. The van der Waals surface area contributed by atoms with Gasteiger partial charge in [-0.3, -0.25) is 0 Å². The van der Waals surface area contributed by atoms with Gasteiger partial charge in [-0.05, 0) is 42.5 Å². The molecule has 2 aromatic heterocycles. The predicted octanol–water partition coefficient (Wildman–Crippen LogP) is 3.88. The van der Waals surface area contributed by atoms with E-state index >= 15 is 0 Å². The van der Waals surface area contributed by atoms with Crippen LogP contribution in [0.15, 0.2) is 79.0 Å². The molecule has 0 fully saturated rings. The van der Waals surface area contributed by atoms with E-state index in [1.165, 1.54) is 36.4 Å². The molecule has 0 bridgehead atoms. The molecule has 0 radical (unpaired) electrons. The first kappa shape index (κ1) is 20.0. The fourth-order valence-electron chi connectivity index (χ4n) is 3.40. The Morgan fingerprint density at radius 1 is 0.576 bits per heavy atom. The van der Waals surface area contributed by atoms with E-state index in [4.69, 9.17) is 0 Å². The monoisotopic (exact) mass is 439 g/mol. The molecule has 0 aliphatic heterocycles. The minimum absolute atomic E-state index is 0.107. The van der Waals surface area contributed by atoms with E-state index in [9.17, 15) is 20.4 Å². The SMILES string of the molecule is Oc1ccc(-c2nc(-c3ccc(O)cc3O)nc(-c3ccnn3-c3ccccc3)n2)c(O)c1. The van der Waals surface area contributed by atoms with Gasteiger partial charge < -0.3 is 20.4 Å². The second kappa shape index (κ2) is 7.97. The second-order valence-corrected chi connectivity index (χ2v) is 7.17. The lowest BCUT2D eigenvalue weighted by Crippen LogP contribution is -2.05. The van der Waals surface area contributed by atoms with Crippen molar-refractivity contribution in [2.75, 3.05) is 0 Å². The van der Waals surface area contributed by atoms with Crippen LogP contribution in [0.5, 0.6) is 23.0 Å². The molecule has 33 heavy (non-hydrogen) atoms. The maximum absolute atomic E-state index is 10.4. The Bertz CT molecular complexity index is 1400. The Morgan fingerprint density at radius 3 is 1.67 bits per heavy atom. The Balaban J connectivity index is 1.75. The van der Waals surface area contributed by atoms with E-state index in [0.29, 0.717) is 5.69 Å². The lowest BCUT2D eigenvalue weighted by atomic mass is 10.1. The van der Waals surface area contributed by atoms with Crippen molar-refractivity contribution in [1.82, 2.24) is 24.7 Å². The number of rotatable bonds is 4. The predicted molar refractivity (Wildman–Crippen MR) is 120 cm³/mol. The van der Waals surface area contributed by atoms with E-state index in [-0.39, 0.29) is 51.6 Å². The van der Waals surface area contributed by atoms with E-state index in [1.54, 1.807) is 16.9 Å². The molecule has 5 rings (SSSR count). The number of aromatic hydroxyl groups is 4. The van der Waals surface area contributed by atoms with E-state index in [1.807, 2.05) is 30.3 Å². The number of aromatic nitrogens is 5. The van der Waals surface area contributed by atoms with Crippen LogP contribution in [0.4, 0.5) is 0 Å². The Labute approximate surface area is 187 Å². The average Bonchev–Trinajstić information content (AvgIpc) is 3.29. The number of hydrogen-bond acceptors (Lipinski definition) is 8. The summed E-state index contributed by atoms with van der Waals surface area (Å²) in [6, 6.07) is 19.3. The molecule has 0 saturated carbocycles. The number of para-hydroxylation sites is 1. The van der Waals surface area contributed by atoms with Gasteiger partial charge in [0.1, 0.15) is 28.7 Å². The summed E-state index contributed by atoms with van der Waals surface area (Å²) in [7, 11) is 0. The quantitative estimate of drug-likeness (QED) is 0.331. The summed E-state index contributed by atoms with van der Waals surface area (Å²) in [5.41, 5.74) is 1.88. The van der Waals surface area contributed by atoms with Gasteiger partial charge in [0.25, 0.3) is 0 Å². The van der Waals surface area contributed by atoms with Gasteiger partial charge in [0.15, 0.2) is 17.5 Å². The molecule has 0 aliphatic carbocycles. The molecule has 9 nitrogen and oxygen atoms in total. The first-order valence-corrected chi connectivity index (χ1v) is 9.90. The normalized spacial score (nSPS) is 10.9. The summed E-state index contributed by atoms with van der Waals surface area (Å²) in [6.07, 6.45) is 1.61. The lowest BCUT2D eigenvalue weighted by molar-refractivity contribution is 0.451. The van der Waals surface area contributed by atoms with Gasteiger partial charge in [0, 0.05) is 12.1 Å². The van der Waals surface area contributed by atoms with Crippen molar-refractivity contribution in [3.63, 3.8) is 0 Å². The van der Waals surface area contributed by atoms with Crippen LogP contribution in [0.1, 0.15) is 0 Å². The summed E-state index contributed by atoms with van der Waals surface area (Å²) in [5.74, 6) is -0.153. The van der Waals surface area contributed by atoms with Crippen molar-refractivity contribution in [1.29, 1.82) is 0 Å². The Kier molecular flexibility index (Phi) is 4.83. The largest absolute Gasteiger partial charge is 0.508 e. The molecule has 3 aromatic carbocycles. The van der Waals surface area contributed by atoms with Gasteiger partial charge in [-0.1, -0.05) is 18.2 Å². The minimum atomic E-state index is -0.218. The molecule has 0 atom stereocenters. The number of hydrogen-bond donors (Lipinski definition) is 4. The van der Waals surface area contributed by atoms with Crippen molar-refractivity contribution in [2.24, 2.45) is 0 Å². The van der Waals surface area contributed by atoms with E-state index in [0.717, 1.165) is 5.69 Å². The van der Waals surface area contributed by atoms with Crippen LogP contribution in [0.3, 0.4) is 0 Å². The standard InChI is InChI=1S/C24H17N5O4/c30-15-6-8-17(20(32)12-15)22-26-23(18-9-7-16(31)13-21(18)33)28-24(27-22)19-10-11-25-29(19)14-4-2-1-3-5-14/h1-13,30-33H. The second-order valence-electron chi connectivity index (χ2n) is 7.17. The van der Waals surface area contributed by atoms with Crippen LogP contribution in [0.2, 0.25) is 0 Å².